The van der Waals surface area contributed by atoms with Gasteiger partial charge in [0.15, 0.2) is 0 Å². The molecule has 0 spiro atoms. The SMILES string of the molecule is NC(=S)c1ccc(Br)cc1Oc1ccc(Cl)cc1Cl. The first kappa shape index (κ1) is 14.6. The van der Waals surface area contributed by atoms with Gasteiger partial charge in [0.1, 0.15) is 16.5 Å². The van der Waals surface area contributed by atoms with Crippen LogP contribution in [-0.4, -0.2) is 4.99 Å². The second kappa shape index (κ2) is 6.09. The Balaban J connectivity index is 2.42. The monoisotopic (exact) mass is 375 g/mol. The predicted octanol–water partition coefficient (Wildman–Crippen LogP) is 5.18. The van der Waals surface area contributed by atoms with Crippen LogP contribution in [0.5, 0.6) is 11.5 Å². The van der Waals surface area contributed by atoms with E-state index in [4.69, 9.17) is 45.9 Å². The molecule has 2 aromatic rings. The van der Waals surface area contributed by atoms with E-state index >= 15 is 0 Å². The summed E-state index contributed by atoms with van der Waals surface area (Å²) in [7, 11) is 0. The van der Waals surface area contributed by atoms with Gasteiger partial charge in [-0.3, -0.25) is 0 Å². The first-order chi connectivity index (χ1) is 8.97. The molecule has 0 bridgehead atoms. The lowest BCUT2D eigenvalue weighted by Gasteiger charge is -2.12. The quantitative estimate of drug-likeness (QED) is 0.749. The van der Waals surface area contributed by atoms with E-state index in [1.807, 2.05) is 6.07 Å². The summed E-state index contributed by atoms with van der Waals surface area (Å²) in [5.41, 5.74) is 6.31. The molecule has 2 rings (SSSR count). The van der Waals surface area contributed by atoms with E-state index in [9.17, 15) is 0 Å². The summed E-state index contributed by atoms with van der Waals surface area (Å²) in [5, 5.41) is 0.961. The lowest BCUT2D eigenvalue weighted by Crippen LogP contribution is -2.10. The van der Waals surface area contributed by atoms with Gasteiger partial charge in [-0.05, 0) is 36.4 Å². The lowest BCUT2D eigenvalue weighted by molar-refractivity contribution is 0.481. The summed E-state index contributed by atoms with van der Waals surface area (Å²) < 4.78 is 6.60. The molecular weight excluding hydrogens is 369 g/mol. The van der Waals surface area contributed by atoms with E-state index in [2.05, 4.69) is 15.9 Å². The lowest BCUT2D eigenvalue weighted by atomic mass is 10.2. The average Bonchev–Trinajstić information content (AvgIpc) is 2.32. The fourth-order valence-corrected chi connectivity index (χ4v) is 2.42. The van der Waals surface area contributed by atoms with Crippen LogP contribution in [0.3, 0.4) is 0 Å². The van der Waals surface area contributed by atoms with Crippen molar-refractivity contribution in [2.24, 2.45) is 5.73 Å². The maximum atomic E-state index is 6.07. The fraction of sp³-hybridized carbons (Fsp3) is 0. The number of halogens is 3. The van der Waals surface area contributed by atoms with Crippen LogP contribution in [0, 0.1) is 0 Å². The third-order valence-electron chi connectivity index (χ3n) is 2.32. The van der Waals surface area contributed by atoms with Crippen LogP contribution in [0.25, 0.3) is 0 Å². The van der Waals surface area contributed by atoms with Gasteiger partial charge in [-0.1, -0.05) is 51.3 Å². The third kappa shape index (κ3) is 3.60. The molecule has 0 unspecified atom stereocenters. The molecule has 2 nitrogen and oxygen atoms in total. The Bertz CT molecular complexity index is 649. The van der Waals surface area contributed by atoms with Crippen LogP contribution in [-0.2, 0) is 0 Å². The number of benzene rings is 2. The molecule has 0 radical (unpaired) electrons. The molecule has 0 heterocycles. The van der Waals surface area contributed by atoms with Gasteiger partial charge in [0, 0.05) is 9.50 Å². The molecule has 0 fully saturated rings. The van der Waals surface area contributed by atoms with Gasteiger partial charge < -0.3 is 10.5 Å². The van der Waals surface area contributed by atoms with Crippen LogP contribution in [0.4, 0.5) is 0 Å². The molecule has 0 aliphatic heterocycles. The first-order valence-corrected chi connectivity index (χ1v) is 7.15. The molecule has 0 aromatic heterocycles. The van der Waals surface area contributed by atoms with Crippen molar-refractivity contribution in [2.45, 2.75) is 0 Å². The summed E-state index contributed by atoms with van der Waals surface area (Å²) >= 11 is 20.3. The molecule has 0 saturated carbocycles. The summed E-state index contributed by atoms with van der Waals surface area (Å²) in [6, 6.07) is 10.4. The Kier molecular flexibility index (Phi) is 4.68. The predicted molar refractivity (Wildman–Crippen MR) is 86.6 cm³/mol. The van der Waals surface area contributed by atoms with Crippen molar-refractivity contribution in [3.63, 3.8) is 0 Å². The van der Waals surface area contributed by atoms with Gasteiger partial charge in [0.05, 0.1) is 10.6 Å². The summed E-state index contributed by atoms with van der Waals surface area (Å²) in [5.74, 6) is 1.02. The summed E-state index contributed by atoms with van der Waals surface area (Å²) in [6.07, 6.45) is 0. The number of ether oxygens (including phenoxy) is 1. The van der Waals surface area contributed by atoms with Crippen molar-refractivity contribution in [3.05, 3.63) is 56.5 Å². The second-order valence-corrected chi connectivity index (χ2v) is 5.88. The van der Waals surface area contributed by atoms with E-state index in [0.29, 0.717) is 27.1 Å². The first-order valence-electron chi connectivity index (χ1n) is 5.19. The van der Waals surface area contributed by atoms with Gasteiger partial charge in [-0.25, -0.2) is 0 Å². The van der Waals surface area contributed by atoms with E-state index in [1.54, 1.807) is 30.3 Å². The van der Waals surface area contributed by atoms with Gasteiger partial charge in [-0.2, -0.15) is 0 Å². The zero-order valence-electron chi connectivity index (χ0n) is 9.49. The van der Waals surface area contributed by atoms with Crippen LogP contribution >= 0.6 is 51.3 Å². The Morgan fingerprint density at radius 1 is 1.11 bits per heavy atom. The van der Waals surface area contributed by atoms with Crippen molar-refractivity contribution < 1.29 is 4.74 Å². The van der Waals surface area contributed by atoms with Crippen LogP contribution in [0.15, 0.2) is 40.9 Å². The normalized spacial score (nSPS) is 10.3. The number of nitrogens with two attached hydrogens (primary N) is 1. The maximum absolute atomic E-state index is 6.07. The largest absolute Gasteiger partial charge is 0.455 e. The Morgan fingerprint density at radius 2 is 1.84 bits per heavy atom. The van der Waals surface area contributed by atoms with Crippen LogP contribution in [0.1, 0.15) is 5.56 Å². The minimum absolute atomic E-state index is 0.257. The second-order valence-electron chi connectivity index (χ2n) is 3.68. The number of hydrogen-bond donors (Lipinski definition) is 1. The Hall–Kier alpha value is -0.810. The number of hydrogen-bond acceptors (Lipinski definition) is 2. The molecule has 2 N–H and O–H groups in total. The van der Waals surface area contributed by atoms with Crippen LogP contribution in [0.2, 0.25) is 10.0 Å². The van der Waals surface area contributed by atoms with Crippen molar-refractivity contribution in [2.75, 3.05) is 0 Å². The molecule has 98 valence electrons. The molecule has 0 amide bonds. The highest BCUT2D eigenvalue weighted by molar-refractivity contribution is 9.10. The highest BCUT2D eigenvalue weighted by Gasteiger charge is 2.10. The minimum atomic E-state index is 0.257. The van der Waals surface area contributed by atoms with Gasteiger partial charge in [-0.15, -0.1) is 0 Å². The Morgan fingerprint density at radius 3 is 2.47 bits per heavy atom. The third-order valence-corrected chi connectivity index (χ3v) is 3.57. The zero-order chi connectivity index (χ0) is 14.0. The van der Waals surface area contributed by atoms with Crippen molar-refractivity contribution in [1.29, 1.82) is 0 Å². The Labute approximate surface area is 134 Å². The van der Waals surface area contributed by atoms with Crippen molar-refractivity contribution in [1.82, 2.24) is 0 Å². The molecule has 0 aliphatic rings. The van der Waals surface area contributed by atoms with E-state index in [1.165, 1.54) is 0 Å². The van der Waals surface area contributed by atoms with E-state index in [-0.39, 0.29) is 4.99 Å². The molecule has 0 saturated heterocycles. The van der Waals surface area contributed by atoms with Crippen molar-refractivity contribution >= 4 is 56.3 Å². The van der Waals surface area contributed by atoms with Gasteiger partial charge in [0.25, 0.3) is 0 Å². The van der Waals surface area contributed by atoms with E-state index in [0.717, 1.165) is 4.47 Å². The van der Waals surface area contributed by atoms with Crippen molar-refractivity contribution in [3.8, 4) is 11.5 Å². The molecule has 0 atom stereocenters. The summed E-state index contributed by atoms with van der Waals surface area (Å²) in [4.78, 5) is 0.257. The number of rotatable bonds is 3. The van der Waals surface area contributed by atoms with E-state index < -0.39 is 0 Å². The van der Waals surface area contributed by atoms with Gasteiger partial charge >= 0.3 is 0 Å². The minimum Gasteiger partial charge on any atom is -0.455 e. The topological polar surface area (TPSA) is 35.2 Å². The smallest absolute Gasteiger partial charge is 0.146 e. The summed E-state index contributed by atoms with van der Waals surface area (Å²) in [6.45, 7) is 0. The zero-order valence-corrected chi connectivity index (χ0v) is 13.4. The standard InChI is InChI=1S/C13H8BrCl2NOS/c14-7-1-3-9(13(17)19)12(5-7)18-11-4-2-8(15)6-10(11)16/h1-6H,(H2,17,19). The highest BCUT2D eigenvalue weighted by Crippen LogP contribution is 2.34. The molecular formula is C13H8BrCl2NOS. The fourth-order valence-electron chi connectivity index (χ4n) is 1.46. The molecule has 2 aromatic carbocycles. The maximum Gasteiger partial charge on any atom is 0.146 e. The highest BCUT2D eigenvalue weighted by atomic mass is 79.9. The molecule has 19 heavy (non-hydrogen) atoms. The van der Waals surface area contributed by atoms with Crippen LogP contribution < -0.4 is 10.5 Å². The molecule has 6 heteroatoms. The van der Waals surface area contributed by atoms with Gasteiger partial charge in [0.2, 0.25) is 0 Å². The number of thiocarbonyl (C=S) groups is 1. The molecule has 0 aliphatic carbocycles. The average molecular weight is 377 g/mol.